The largest absolute Gasteiger partial charge is 0.443 e. The summed E-state index contributed by atoms with van der Waals surface area (Å²) in [6.07, 6.45) is -0.715. The summed E-state index contributed by atoms with van der Waals surface area (Å²) in [6.45, 7) is -0.193. The number of likely N-dealkylation sites (N-methyl/N-ethyl adjacent to an activating group) is 1. The molecule has 1 saturated heterocycles. The van der Waals surface area contributed by atoms with Crippen LogP contribution in [0.4, 0.5) is 9.18 Å². The van der Waals surface area contributed by atoms with Crippen molar-refractivity contribution in [2.24, 2.45) is 0 Å². The molecule has 0 aliphatic carbocycles. The van der Waals surface area contributed by atoms with Gasteiger partial charge in [-0.2, -0.15) is 0 Å². The predicted octanol–water partition coefficient (Wildman–Crippen LogP) is 1.18. The molecule has 0 aromatic heterocycles. The molecule has 2 rings (SSSR count). The molecule has 0 radical (unpaired) electrons. The third-order valence-corrected chi connectivity index (χ3v) is 3.03. The molecule has 1 heterocycles. The third kappa shape index (κ3) is 2.24. The van der Waals surface area contributed by atoms with Gasteiger partial charge in [-0.15, -0.1) is 0 Å². The quantitative estimate of drug-likeness (QED) is 0.861. The molecule has 17 heavy (non-hydrogen) atoms. The number of benzene rings is 1. The van der Waals surface area contributed by atoms with Crippen molar-refractivity contribution in [2.75, 3.05) is 13.7 Å². The molecular formula is C12H14FNO3. The second kappa shape index (κ2) is 4.71. The van der Waals surface area contributed by atoms with Crippen molar-refractivity contribution in [3.63, 3.8) is 0 Å². The first-order chi connectivity index (χ1) is 8.13. The van der Waals surface area contributed by atoms with E-state index in [1.165, 1.54) is 11.0 Å². The lowest BCUT2D eigenvalue weighted by molar-refractivity contribution is 0.117. The van der Waals surface area contributed by atoms with Crippen LogP contribution in [0.1, 0.15) is 5.56 Å². The Bertz CT molecular complexity index is 424. The molecule has 1 N–H and O–H groups in total. The van der Waals surface area contributed by atoms with E-state index in [9.17, 15) is 14.3 Å². The highest BCUT2D eigenvalue weighted by Crippen LogP contribution is 2.22. The van der Waals surface area contributed by atoms with Crippen molar-refractivity contribution in [1.82, 2.24) is 4.90 Å². The van der Waals surface area contributed by atoms with E-state index in [1.807, 2.05) is 0 Å². The van der Waals surface area contributed by atoms with Crippen molar-refractivity contribution >= 4 is 6.09 Å². The van der Waals surface area contributed by atoms with Gasteiger partial charge in [-0.25, -0.2) is 9.18 Å². The molecule has 5 heteroatoms. The molecule has 1 aliphatic rings. The number of amides is 1. The Morgan fingerprint density at radius 3 is 2.82 bits per heavy atom. The maximum Gasteiger partial charge on any atom is 0.410 e. The molecule has 92 valence electrons. The fourth-order valence-corrected chi connectivity index (χ4v) is 1.97. The second-order valence-electron chi connectivity index (χ2n) is 4.08. The van der Waals surface area contributed by atoms with Gasteiger partial charge in [0.2, 0.25) is 0 Å². The molecule has 0 spiro atoms. The number of ether oxygens (including phenoxy) is 1. The molecule has 4 nitrogen and oxygen atoms in total. The molecule has 1 amide bonds. The molecule has 1 aromatic carbocycles. The molecule has 0 bridgehead atoms. The summed E-state index contributed by atoms with van der Waals surface area (Å²) in [6, 6.07) is 5.93. The Morgan fingerprint density at radius 2 is 2.18 bits per heavy atom. The molecular weight excluding hydrogens is 225 g/mol. The van der Waals surface area contributed by atoms with Crippen LogP contribution in [0.2, 0.25) is 0 Å². The monoisotopic (exact) mass is 239 g/mol. The van der Waals surface area contributed by atoms with Crippen LogP contribution in [0.3, 0.4) is 0 Å². The molecule has 1 aliphatic heterocycles. The average molecular weight is 239 g/mol. The van der Waals surface area contributed by atoms with Crippen molar-refractivity contribution < 1.29 is 19.0 Å². The van der Waals surface area contributed by atoms with Gasteiger partial charge in [0.25, 0.3) is 0 Å². The van der Waals surface area contributed by atoms with E-state index in [0.29, 0.717) is 5.56 Å². The minimum absolute atomic E-state index is 0.193. The van der Waals surface area contributed by atoms with E-state index in [4.69, 9.17) is 4.74 Å². The summed E-state index contributed by atoms with van der Waals surface area (Å²) in [5.74, 6) is -0.324. The SMILES string of the molecule is CN1C(=O)OC(Cc2ccccc2F)C1CO. The zero-order valence-electron chi connectivity index (χ0n) is 9.47. The zero-order chi connectivity index (χ0) is 12.4. The molecule has 2 unspecified atom stereocenters. The van der Waals surface area contributed by atoms with E-state index < -0.39 is 18.2 Å². The molecule has 0 saturated carbocycles. The van der Waals surface area contributed by atoms with E-state index in [-0.39, 0.29) is 18.8 Å². The van der Waals surface area contributed by atoms with E-state index >= 15 is 0 Å². The highest BCUT2D eigenvalue weighted by Gasteiger charge is 2.39. The number of aliphatic hydroxyl groups is 1. The van der Waals surface area contributed by atoms with Crippen LogP contribution in [0, 0.1) is 5.82 Å². The number of carbonyl (C=O) groups is 1. The number of hydrogen-bond acceptors (Lipinski definition) is 3. The van der Waals surface area contributed by atoms with Gasteiger partial charge in [0.1, 0.15) is 11.9 Å². The van der Waals surface area contributed by atoms with Gasteiger partial charge in [-0.1, -0.05) is 18.2 Å². The first-order valence-corrected chi connectivity index (χ1v) is 5.41. The minimum atomic E-state index is -0.505. The Morgan fingerprint density at radius 1 is 1.47 bits per heavy atom. The average Bonchev–Trinajstić information content (AvgIpc) is 2.58. The lowest BCUT2D eigenvalue weighted by Gasteiger charge is -2.18. The molecule has 1 fully saturated rings. The van der Waals surface area contributed by atoms with Gasteiger partial charge in [0.05, 0.1) is 12.6 Å². The Balaban J connectivity index is 2.14. The summed E-state index contributed by atoms with van der Waals surface area (Å²) in [5, 5.41) is 9.20. The number of carbonyl (C=O) groups excluding carboxylic acids is 1. The van der Waals surface area contributed by atoms with Gasteiger partial charge in [-0.05, 0) is 11.6 Å². The summed E-state index contributed by atoms with van der Waals surface area (Å²) >= 11 is 0. The highest BCUT2D eigenvalue weighted by atomic mass is 19.1. The first-order valence-electron chi connectivity index (χ1n) is 5.41. The van der Waals surface area contributed by atoms with Crippen molar-refractivity contribution in [2.45, 2.75) is 18.6 Å². The smallest absolute Gasteiger partial charge is 0.410 e. The Hall–Kier alpha value is -1.62. The number of hydrogen-bond donors (Lipinski definition) is 1. The fourth-order valence-electron chi connectivity index (χ4n) is 1.97. The first kappa shape index (κ1) is 11.9. The predicted molar refractivity (Wildman–Crippen MR) is 59.0 cm³/mol. The van der Waals surface area contributed by atoms with E-state index in [1.54, 1.807) is 25.2 Å². The Labute approximate surface area is 98.6 Å². The van der Waals surface area contributed by atoms with Crippen molar-refractivity contribution in [3.8, 4) is 0 Å². The second-order valence-corrected chi connectivity index (χ2v) is 4.08. The Kier molecular flexibility index (Phi) is 3.28. The summed E-state index contributed by atoms with van der Waals surface area (Å²) in [7, 11) is 1.56. The topological polar surface area (TPSA) is 49.8 Å². The van der Waals surface area contributed by atoms with Crippen LogP contribution in [0.25, 0.3) is 0 Å². The van der Waals surface area contributed by atoms with Gasteiger partial charge >= 0.3 is 6.09 Å². The zero-order valence-corrected chi connectivity index (χ0v) is 9.47. The van der Waals surface area contributed by atoms with Gasteiger partial charge in [-0.3, -0.25) is 0 Å². The van der Waals surface area contributed by atoms with Gasteiger partial charge in [0, 0.05) is 13.5 Å². The van der Waals surface area contributed by atoms with Gasteiger partial charge in [0.15, 0.2) is 0 Å². The van der Waals surface area contributed by atoms with Gasteiger partial charge < -0.3 is 14.7 Å². The van der Waals surface area contributed by atoms with Crippen LogP contribution in [-0.2, 0) is 11.2 Å². The highest BCUT2D eigenvalue weighted by molar-refractivity contribution is 5.70. The fraction of sp³-hybridized carbons (Fsp3) is 0.417. The van der Waals surface area contributed by atoms with Crippen molar-refractivity contribution in [1.29, 1.82) is 0 Å². The lowest BCUT2D eigenvalue weighted by Crippen LogP contribution is -2.37. The maximum atomic E-state index is 13.5. The van der Waals surface area contributed by atoms with Crippen LogP contribution in [0.15, 0.2) is 24.3 Å². The minimum Gasteiger partial charge on any atom is -0.443 e. The number of cyclic esters (lactones) is 1. The molecule has 1 aromatic rings. The van der Waals surface area contributed by atoms with E-state index in [2.05, 4.69) is 0 Å². The van der Waals surface area contributed by atoms with Crippen LogP contribution in [0.5, 0.6) is 0 Å². The van der Waals surface area contributed by atoms with Crippen LogP contribution < -0.4 is 0 Å². The normalized spacial score (nSPS) is 23.9. The lowest BCUT2D eigenvalue weighted by atomic mass is 10.0. The summed E-state index contributed by atoms with van der Waals surface area (Å²) in [4.78, 5) is 12.7. The van der Waals surface area contributed by atoms with Crippen molar-refractivity contribution in [3.05, 3.63) is 35.6 Å². The van der Waals surface area contributed by atoms with Crippen LogP contribution in [-0.4, -0.2) is 41.9 Å². The summed E-state index contributed by atoms with van der Waals surface area (Å²) < 4.78 is 18.5. The number of nitrogens with zero attached hydrogens (tertiary/aromatic N) is 1. The number of aliphatic hydroxyl groups excluding tert-OH is 1. The molecule has 2 atom stereocenters. The standard InChI is InChI=1S/C12H14FNO3/c1-14-10(7-15)11(17-12(14)16)6-8-4-2-3-5-9(8)13/h2-5,10-11,15H,6-7H2,1H3. The maximum absolute atomic E-state index is 13.5. The third-order valence-electron chi connectivity index (χ3n) is 3.03. The van der Waals surface area contributed by atoms with Crippen LogP contribution >= 0.6 is 0 Å². The van der Waals surface area contributed by atoms with E-state index in [0.717, 1.165) is 0 Å². The number of rotatable bonds is 3. The summed E-state index contributed by atoms with van der Waals surface area (Å²) in [5.41, 5.74) is 0.485. The number of halogens is 1.